The van der Waals surface area contributed by atoms with Crippen LogP contribution in [0.3, 0.4) is 0 Å². The Morgan fingerprint density at radius 1 is 1.35 bits per heavy atom. The summed E-state index contributed by atoms with van der Waals surface area (Å²) in [5, 5.41) is 19.9. The van der Waals surface area contributed by atoms with Crippen molar-refractivity contribution in [3.8, 4) is 0 Å². The Morgan fingerprint density at radius 2 is 1.88 bits per heavy atom. The summed E-state index contributed by atoms with van der Waals surface area (Å²) in [6.07, 6.45) is -1.26. The minimum absolute atomic E-state index is 0.139. The molecule has 100 valence electrons. The van der Waals surface area contributed by atoms with Crippen LogP contribution in [0.1, 0.15) is 41.0 Å². The SMILES string of the molecule is C[C@@H]1[C@H](O)[C@@H](C)C(=O)O[C@@H]1C[C@H](O)C(C)(C)C. The lowest BCUT2D eigenvalue weighted by atomic mass is 9.79. The highest BCUT2D eigenvalue weighted by Crippen LogP contribution is 2.32. The Kier molecular flexibility index (Phi) is 4.20. The number of rotatable bonds is 2. The first-order chi connectivity index (χ1) is 7.64. The number of cyclic esters (lactones) is 1. The van der Waals surface area contributed by atoms with Gasteiger partial charge in [0.25, 0.3) is 0 Å². The van der Waals surface area contributed by atoms with Gasteiger partial charge < -0.3 is 14.9 Å². The average Bonchev–Trinajstić information content (AvgIpc) is 2.21. The van der Waals surface area contributed by atoms with E-state index in [0.29, 0.717) is 6.42 Å². The largest absolute Gasteiger partial charge is 0.462 e. The van der Waals surface area contributed by atoms with E-state index < -0.39 is 24.2 Å². The molecule has 4 nitrogen and oxygen atoms in total. The van der Waals surface area contributed by atoms with Gasteiger partial charge in [0.1, 0.15) is 6.10 Å². The van der Waals surface area contributed by atoms with Crippen molar-refractivity contribution in [1.82, 2.24) is 0 Å². The van der Waals surface area contributed by atoms with E-state index in [2.05, 4.69) is 0 Å². The average molecular weight is 244 g/mol. The Morgan fingerprint density at radius 3 is 2.35 bits per heavy atom. The summed E-state index contributed by atoms with van der Waals surface area (Å²) in [7, 11) is 0. The smallest absolute Gasteiger partial charge is 0.311 e. The second kappa shape index (κ2) is 4.94. The van der Waals surface area contributed by atoms with Crippen molar-refractivity contribution in [2.45, 2.75) is 59.4 Å². The molecule has 1 aliphatic rings. The number of aliphatic hydroxyl groups is 2. The molecular weight excluding hydrogens is 220 g/mol. The van der Waals surface area contributed by atoms with Crippen LogP contribution in [0.2, 0.25) is 0 Å². The van der Waals surface area contributed by atoms with E-state index in [4.69, 9.17) is 4.74 Å². The summed E-state index contributed by atoms with van der Waals surface area (Å²) in [5.74, 6) is -0.991. The third-order valence-electron chi connectivity index (χ3n) is 3.73. The first-order valence-corrected chi connectivity index (χ1v) is 6.21. The number of carbonyl (C=O) groups is 1. The lowest BCUT2D eigenvalue weighted by Gasteiger charge is -2.39. The predicted molar refractivity (Wildman–Crippen MR) is 64.3 cm³/mol. The highest BCUT2D eigenvalue weighted by atomic mass is 16.5. The molecule has 0 aromatic heterocycles. The quantitative estimate of drug-likeness (QED) is 0.719. The molecule has 0 aliphatic carbocycles. The molecule has 0 saturated carbocycles. The number of esters is 1. The van der Waals surface area contributed by atoms with Crippen LogP contribution < -0.4 is 0 Å². The molecule has 0 unspecified atom stereocenters. The second-order valence-corrected chi connectivity index (χ2v) is 6.23. The molecule has 4 heteroatoms. The first kappa shape index (κ1) is 14.5. The zero-order valence-corrected chi connectivity index (χ0v) is 11.3. The second-order valence-electron chi connectivity index (χ2n) is 6.23. The number of aliphatic hydroxyl groups excluding tert-OH is 2. The van der Waals surface area contributed by atoms with E-state index in [0.717, 1.165) is 0 Å². The summed E-state index contributed by atoms with van der Waals surface area (Å²) in [6, 6.07) is 0. The fourth-order valence-electron chi connectivity index (χ4n) is 2.01. The zero-order chi connectivity index (χ0) is 13.4. The number of hydrogen-bond acceptors (Lipinski definition) is 4. The predicted octanol–water partition coefficient (Wildman–Crippen LogP) is 1.34. The molecule has 0 bridgehead atoms. The molecule has 1 rings (SSSR count). The van der Waals surface area contributed by atoms with Crippen molar-refractivity contribution in [2.75, 3.05) is 0 Å². The molecule has 1 fully saturated rings. The Labute approximate surface area is 103 Å². The van der Waals surface area contributed by atoms with Crippen molar-refractivity contribution >= 4 is 5.97 Å². The summed E-state index contributed by atoms with van der Waals surface area (Å²) in [5.41, 5.74) is -0.250. The van der Waals surface area contributed by atoms with Gasteiger partial charge in [-0.3, -0.25) is 4.79 Å². The van der Waals surface area contributed by atoms with E-state index in [9.17, 15) is 15.0 Å². The van der Waals surface area contributed by atoms with Crippen molar-refractivity contribution in [3.05, 3.63) is 0 Å². The molecular formula is C13H24O4. The molecule has 1 saturated heterocycles. The summed E-state index contributed by atoms with van der Waals surface area (Å²) in [4.78, 5) is 11.5. The van der Waals surface area contributed by atoms with Crippen LogP contribution in [-0.4, -0.2) is 34.5 Å². The molecule has 0 aromatic rings. The van der Waals surface area contributed by atoms with E-state index >= 15 is 0 Å². The van der Waals surface area contributed by atoms with Gasteiger partial charge in [0, 0.05) is 12.3 Å². The van der Waals surface area contributed by atoms with Crippen LogP contribution in [0.5, 0.6) is 0 Å². The third-order valence-corrected chi connectivity index (χ3v) is 3.73. The molecule has 1 heterocycles. The van der Waals surface area contributed by atoms with Gasteiger partial charge in [-0.2, -0.15) is 0 Å². The number of carbonyl (C=O) groups excluding carboxylic acids is 1. The van der Waals surface area contributed by atoms with Gasteiger partial charge in [-0.25, -0.2) is 0 Å². The Hall–Kier alpha value is -0.610. The topological polar surface area (TPSA) is 66.8 Å². The van der Waals surface area contributed by atoms with Crippen LogP contribution in [0.15, 0.2) is 0 Å². The standard InChI is InChI=1S/C13H24O4/c1-7-9(6-10(14)13(3,4)5)17-12(16)8(2)11(7)15/h7-11,14-15H,6H2,1-5H3/t7-,8+,9+,10-,11-/m0/s1. The van der Waals surface area contributed by atoms with Gasteiger partial charge in [-0.05, 0) is 12.3 Å². The summed E-state index contributed by atoms with van der Waals surface area (Å²) < 4.78 is 5.29. The van der Waals surface area contributed by atoms with Crippen LogP contribution in [-0.2, 0) is 9.53 Å². The fraction of sp³-hybridized carbons (Fsp3) is 0.923. The number of hydrogen-bond donors (Lipinski definition) is 2. The zero-order valence-electron chi connectivity index (χ0n) is 11.3. The van der Waals surface area contributed by atoms with E-state index in [1.807, 2.05) is 27.7 Å². The maximum atomic E-state index is 11.5. The van der Waals surface area contributed by atoms with E-state index in [-0.39, 0.29) is 17.3 Å². The van der Waals surface area contributed by atoms with E-state index in [1.165, 1.54) is 0 Å². The van der Waals surface area contributed by atoms with Crippen molar-refractivity contribution in [3.63, 3.8) is 0 Å². The van der Waals surface area contributed by atoms with Crippen LogP contribution in [0.4, 0.5) is 0 Å². The Balaban J connectivity index is 2.69. The maximum Gasteiger partial charge on any atom is 0.311 e. The molecule has 5 atom stereocenters. The first-order valence-electron chi connectivity index (χ1n) is 6.21. The third kappa shape index (κ3) is 3.19. The van der Waals surface area contributed by atoms with E-state index in [1.54, 1.807) is 6.92 Å². The lowest BCUT2D eigenvalue weighted by Crippen LogP contribution is -2.48. The summed E-state index contributed by atoms with van der Waals surface area (Å²) >= 11 is 0. The van der Waals surface area contributed by atoms with Crippen molar-refractivity contribution < 1.29 is 19.7 Å². The monoisotopic (exact) mass is 244 g/mol. The molecule has 0 spiro atoms. The molecule has 2 N–H and O–H groups in total. The molecule has 0 radical (unpaired) electrons. The van der Waals surface area contributed by atoms with Gasteiger partial charge in [-0.1, -0.05) is 27.7 Å². The highest BCUT2D eigenvalue weighted by molar-refractivity contribution is 5.73. The van der Waals surface area contributed by atoms with Crippen LogP contribution >= 0.6 is 0 Å². The van der Waals surface area contributed by atoms with Gasteiger partial charge in [0.15, 0.2) is 0 Å². The van der Waals surface area contributed by atoms with Gasteiger partial charge in [0.05, 0.1) is 18.1 Å². The molecule has 0 amide bonds. The lowest BCUT2D eigenvalue weighted by molar-refractivity contribution is -0.181. The normalized spacial score (nSPS) is 36.5. The van der Waals surface area contributed by atoms with Crippen molar-refractivity contribution in [2.24, 2.45) is 17.3 Å². The van der Waals surface area contributed by atoms with Gasteiger partial charge in [0.2, 0.25) is 0 Å². The molecule has 17 heavy (non-hydrogen) atoms. The van der Waals surface area contributed by atoms with Crippen molar-refractivity contribution in [1.29, 1.82) is 0 Å². The molecule has 0 aromatic carbocycles. The Bertz CT molecular complexity index is 282. The highest BCUT2D eigenvalue weighted by Gasteiger charge is 2.42. The van der Waals surface area contributed by atoms with Crippen LogP contribution in [0, 0.1) is 17.3 Å². The minimum atomic E-state index is -0.687. The van der Waals surface area contributed by atoms with Gasteiger partial charge >= 0.3 is 5.97 Å². The maximum absolute atomic E-state index is 11.5. The van der Waals surface area contributed by atoms with Crippen LogP contribution in [0.25, 0.3) is 0 Å². The van der Waals surface area contributed by atoms with Gasteiger partial charge in [-0.15, -0.1) is 0 Å². The fourth-order valence-corrected chi connectivity index (χ4v) is 2.01. The molecule has 1 aliphatic heterocycles. The minimum Gasteiger partial charge on any atom is -0.462 e. The summed E-state index contributed by atoms with van der Waals surface area (Å²) in [6.45, 7) is 9.33. The number of ether oxygens (including phenoxy) is 1.